The molecule has 0 unspecified atom stereocenters. The lowest BCUT2D eigenvalue weighted by Crippen LogP contribution is -1.96. The van der Waals surface area contributed by atoms with Crippen LogP contribution in [-0.2, 0) is 0 Å². The van der Waals surface area contributed by atoms with Crippen LogP contribution < -0.4 is 24.5 Å². The molecule has 2 N–H and O–H groups in total. The van der Waals surface area contributed by atoms with E-state index in [1.807, 2.05) is 43.3 Å². The standard InChI is InChI=1S/C25H22N4O5/c1-14-4-6-16(11-19(14)15-5-9-20-22(10-15)34-13-33-20)26-28-24-23(27-29-25(24)30)18-8-7-17(31-2)12-21(18)32-3/h4-12H,13H2,1-3H3,(H2,27,29,30). The van der Waals surface area contributed by atoms with Crippen LogP contribution in [0.5, 0.6) is 23.0 Å². The largest absolute Gasteiger partial charge is 0.497 e. The van der Waals surface area contributed by atoms with Crippen molar-refractivity contribution in [1.29, 1.82) is 0 Å². The van der Waals surface area contributed by atoms with Gasteiger partial charge in [-0.2, -0.15) is 5.11 Å². The maximum atomic E-state index is 12.5. The fourth-order valence-electron chi connectivity index (χ4n) is 3.80. The summed E-state index contributed by atoms with van der Waals surface area (Å²) in [5.74, 6) is 2.61. The SMILES string of the molecule is COc1ccc(-c2[nH][nH]c(=O)c2N=Nc2ccc(C)c(-c3ccc4c(c3)OCO4)c2)c(OC)c1. The van der Waals surface area contributed by atoms with Crippen molar-refractivity contribution in [3.8, 4) is 45.4 Å². The zero-order valence-corrected chi connectivity index (χ0v) is 18.8. The van der Waals surface area contributed by atoms with Crippen LogP contribution in [0.1, 0.15) is 5.56 Å². The van der Waals surface area contributed by atoms with E-state index >= 15 is 0 Å². The molecule has 5 rings (SSSR count). The van der Waals surface area contributed by atoms with Crippen molar-refractivity contribution >= 4 is 11.4 Å². The molecule has 1 aliphatic heterocycles. The molecule has 0 aliphatic carbocycles. The average Bonchev–Trinajstić information content (AvgIpc) is 3.48. The summed E-state index contributed by atoms with van der Waals surface area (Å²) in [7, 11) is 3.12. The summed E-state index contributed by atoms with van der Waals surface area (Å²) in [5.41, 5.74) is 4.51. The molecule has 0 spiro atoms. The number of aryl methyl sites for hydroxylation is 1. The van der Waals surface area contributed by atoms with Crippen LogP contribution in [-0.4, -0.2) is 31.2 Å². The molecule has 0 fully saturated rings. The third kappa shape index (κ3) is 3.88. The molecular formula is C25H22N4O5. The molecule has 172 valence electrons. The summed E-state index contributed by atoms with van der Waals surface area (Å²) in [6.07, 6.45) is 0. The Hall–Kier alpha value is -4.53. The van der Waals surface area contributed by atoms with E-state index in [1.54, 1.807) is 32.4 Å². The van der Waals surface area contributed by atoms with Gasteiger partial charge in [-0.3, -0.25) is 15.0 Å². The highest BCUT2D eigenvalue weighted by Gasteiger charge is 2.17. The number of ether oxygens (including phenoxy) is 4. The Morgan fingerprint density at radius 2 is 1.71 bits per heavy atom. The zero-order chi connectivity index (χ0) is 23.7. The number of hydrogen-bond acceptors (Lipinski definition) is 7. The second-order valence-corrected chi connectivity index (χ2v) is 7.64. The molecule has 0 atom stereocenters. The van der Waals surface area contributed by atoms with Gasteiger partial charge in [0.05, 0.1) is 25.6 Å². The van der Waals surface area contributed by atoms with E-state index in [1.165, 1.54) is 0 Å². The first-order valence-corrected chi connectivity index (χ1v) is 10.5. The Balaban J connectivity index is 1.50. The van der Waals surface area contributed by atoms with E-state index < -0.39 is 0 Å². The number of fused-ring (bicyclic) bond motifs is 1. The first-order valence-electron chi connectivity index (χ1n) is 10.5. The van der Waals surface area contributed by atoms with Gasteiger partial charge in [-0.05, 0) is 60.0 Å². The van der Waals surface area contributed by atoms with Gasteiger partial charge in [0.25, 0.3) is 5.56 Å². The third-order valence-electron chi connectivity index (χ3n) is 5.60. The molecule has 0 saturated heterocycles. The van der Waals surface area contributed by atoms with Gasteiger partial charge in [0.15, 0.2) is 17.2 Å². The Labute approximate surface area is 195 Å². The van der Waals surface area contributed by atoms with Gasteiger partial charge in [0.2, 0.25) is 6.79 Å². The second-order valence-electron chi connectivity index (χ2n) is 7.64. The number of rotatable bonds is 6. The fourth-order valence-corrected chi connectivity index (χ4v) is 3.80. The minimum Gasteiger partial charge on any atom is -0.497 e. The predicted molar refractivity (Wildman–Crippen MR) is 127 cm³/mol. The van der Waals surface area contributed by atoms with Crippen LogP contribution in [0.2, 0.25) is 0 Å². The van der Waals surface area contributed by atoms with Crippen LogP contribution in [0.25, 0.3) is 22.4 Å². The first kappa shape index (κ1) is 21.3. The molecule has 1 aromatic heterocycles. The van der Waals surface area contributed by atoms with Crippen LogP contribution in [0.3, 0.4) is 0 Å². The van der Waals surface area contributed by atoms with Crippen LogP contribution >= 0.6 is 0 Å². The van der Waals surface area contributed by atoms with Crippen LogP contribution in [0.4, 0.5) is 11.4 Å². The van der Waals surface area contributed by atoms with E-state index in [-0.39, 0.29) is 18.0 Å². The van der Waals surface area contributed by atoms with E-state index in [2.05, 4.69) is 20.4 Å². The van der Waals surface area contributed by atoms with Crippen molar-refractivity contribution in [2.45, 2.75) is 6.92 Å². The van der Waals surface area contributed by atoms with E-state index in [0.29, 0.717) is 34.2 Å². The van der Waals surface area contributed by atoms with Crippen LogP contribution in [0.15, 0.2) is 69.6 Å². The summed E-state index contributed by atoms with van der Waals surface area (Å²) in [5, 5.41) is 14.1. The molecule has 3 aromatic carbocycles. The molecule has 2 heterocycles. The lowest BCUT2D eigenvalue weighted by molar-refractivity contribution is 0.174. The van der Waals surface area contributed by atoms with Gasteiger partial charge in [0, 0.05) is 11.6 Å². The van der Waals surface area contributed by atoms with Crippen molar-refractivity contribution in [1.82, 2.24) is 10.2 Å². The summed E-state index contributed by atoms with van der Waals surface area (Å²) in [6, 6.07) is 16.8. The molecule has 4 aromatic rings. The summed E-state index contributed by atoms with van der Waals surface area (Å²) < 4.78 is 21.6. The number of nitrogens with one attached hydrogen (secondary N) is 2. The minimum atomic E-state index is -0.389. The number of hydrogen-bond donors (Lipinski definition) is 2. The number of aromatic nitrogens is 2. The van der Waals surface area contributed by atoms with Crippen molar-refractivity contribution < 1.29 is 18.9 Å². The lowest BCUT2D eigenvalue weighted by Gasteiger charge is -2.09. The lowest BCUT2D eigenvalue weighted by atomic mass is 9.99. The number of aromatic amines is 2. The normalized spacial score (nSPS) is 12.3. The molecule has 0 bridgehead atoms. The Kier molecular flexibility index (Phi) is 5.51. The fraction of sp³-hybridized carbons (Fsp3) is 0.160. The maximum absolute atomic E-state index is 12.5. The highest BCUT2D eigenvalue weighted by molar-refractivity contribution is 5.77. The average molecular weight is 458 g/mol. The Morgan fingerprint density at radius 3 is 2.53 bits per heavy atom. The molecule has 9 nitrogen and oxygen atoms in total. The first-order chi connectivity index (χ1) is 16.6. The molecule has 0 radical (unpaired) electrons. The van der Waals surface area contributed by atoms with E-state index in [4.69, 9.17) is 18.9 Å². The molecular weight excluding hydrogens is 436 g/mol. The quantitative estimate of drug-likeness (QED) is 0.370. The number of H-pyrrole nitrogens is 2. The maximum Gasteiger partial charge on any atom is 0.292 e. The smallest absolute Gasteiger partial charge is 0.292 e. The van der Waals surface area contributed by atoms with E-state index in [0.717, 1.165) is 22.4 Å². The third-order valence-corrected chi connectivity index (χ3v) is 5.60. The highest BCUT2D eigenvalue weighted by atomic mass is 16.7. The summed E-state index contributed by atoms with van der Waals surface area (Å²) in [4.78, 5) is 12.5. The van der Waals surface area contributed by atoms with Gasteiger partial charge < -0.3 is 18.9 Å². The number of azo groups is 1. The summed E-state index contributed by atoms with van der Waals surface area (Å²) in [6.45, 7) is 2.24. The second kappa shape index (κ2) is 8.78. The van der Waals surface area contributed by atoms with Crippen molar-refractivity contribution in [2.75, 3.05) is 21.0 Å². The number of benzene rings is 3. The topological polar surface area (TPSA) is 110 Å². The number of methoxy groups -OCH3 is 2. The van der Waals surface area contributed by atoms with Crippen molar-refractivity contribution in [2.24, 2.45) is 10.2 Å². The van der Waals surface area contributed by atoms with Gasteiger partial charge in [0.1, 0.15) is 11.5 Å². The van der Waals surface area contributed by atoms with Gasteiger partial charge in [-0.1, -0.05) is 12.1 Å². The van der Waals surface area contributed by atoms with Gasteiger partial charge in [-0.25, -0.2) is 0 Å². The highest BCUT2D eigenvalue weighted by Crippen LogP contribution is 2.39. The van der Waals surface area contributed by atoms with Crippen molar-refractivity contribution in [3.05, 3.63) is 70.5 Å². The molecule has 34 heavy (non-hydrogen) atoms. The molecule has 1 aliphatic rings. The van der Waals surface area contributed by atoms with Gasteiger partial charge in [-0.15, -0.1) is 5.11 Å². The Bertz CT molecular complexity index is 1450. The predicted octanol–water partition coefficient (Wildman–Crippen LogP) is 5.51. The summed E-state index contributed by atoms with van der Waals surface area (Å²) >= 11 is 0. The molecule has 0 saturated carbocycles. The Morgan fingerprint density at radius 1 is 0.853 bits per heavy atom. The van der Waals surface area contributed by atoms with E-state index in [9.17, 15) is 4.79 Å². The van der Waals surface area contributed by atoms with Crippen molar-refractivity contribution in [3.63, 3.8) is 0 Å². The van der Waals surface area contributed by atoms with Gasteiger partial charge >= 0.3 is 0 Å². The monoisotopic (exact) mass is 458 g/mol. The molecule has 9 heteroatoms. The number of nitrogens with zero attached hydrogens (tertiary/aromatic N) is 2. The minimum absolute atomic E-state index is 0.147. The van der Waals surface area contributed by atoms with Crippen LogP contribution in [0, 0.1) is 6.92 Å². The molecule has 0 amide bonds. The zero-order valence-electron chi connectivity index (χ0n) is 18.8.